The molecule has 0 spiro atoms. The molecule has 3 fully saturated rings. The Kier molecular flexibility index (Phi) is 8.42. The van der Waals surface area contributed by atoms with Crippen LogP contribution >= 0.6 is 23.2 Å². The van der Waals surface area contributed by atoms with Gasteiger partial charge in [-0.3, -0.25) is 19.3 Å². The average Bonchev–Trinajstić information content (AvgIpc) is 3.53. The first-order valence-electron chi connectivity index (χ1n) is 14.4. The van der Waals surface area contributed by atoms with Crippen molar-refractivity contribution in [3.63, 3.8) is 0 Å². The minimum atomic E-state index is -1.01. The predicted octanol–water partition coefficient (Wildman–Crippen LogP) is 6.75. The van der Waals surface area contributed by atoms with Gasteiger partial charge in [-0.1, -0.05) is 62.2 Å². The molecule has 0 radical (unpaired) electrons. The number of nitrogens with zero attached hydrogens (tertiary/aromatic N) is 4. The van der Waals surface area contributed by atoms with Crippen LogP contribution in [-0.4, -0.2) is 49.0 Å². The van der Waals surface area contributed by atoms with Crippen molar-refractivity contribution in [1.82, 2.24) is 19.7 Å². The van der Waals surface area contributed by atoms with Crippen LogP contribution in [0.25, 0.3) is 0 Å². The summed E-state index contributed by atoms with van der Waals surface area (Å²) < 4.78 is 1.98. The van der Waals surface area contributed by atoms with E-state index in [1.165, 1.54) is 44.5 Å². The van der Waals surface area contributed by atoms with Crippen molar-refractivity contribution in [3.05, 3.63) is 45.5 Å². The summed E-state index contributed by atoms with van der Waals surface area (Å²) >= 11 is 12.9. The number of hydrogen-bond donors (Lipinski definition) is 1. The summed E-state index contributed by atoms with van der Waals surface area (Å²) in [6.07, 6.45) is 13.8. The maximum atomic E-state index is 14.1. The van der Waals surface area contributed by atoms with Crippen LogP contribution in [0.4, 0.5) is 0 Å². The third-order valence-corrected chi connectivity index (χ3v) is 10.6. The van der Waals surface area contributed by atoms with Crippen molar-refractivity contribution in [2.75, 3.05) is 6.54 Å². The van der Waals surface area contributed by atoms with Crippen molar-refractivity contribution in [2.24, 2.45) is 17.3 Å². The molecule has 0 aromatic carbocycles. The Balaban J connectivity index is 1.40. The number of aromatic nitrogens is 3. The first-order valence-corrected chi connectivity index (χ1v) is 15.2. The molecule has 9 heteroatoms. The second-order valence-corrected chi connectivity index (χ2v) is 13.1. The number of hydrogen-bond acceptors (Lipinski definition) is 5. The van der Waals surface area contributed by atoms with Crippen molar-refractivity contribution in [1.29, 1.82) is 0 Å². The Labute approximate surface area is 241 Å². The molecule has 1 amide bonds. The number of aliphatic hydroxyl groups excluding tert-OH is 1. The summed E-state index contributed by atoms with van der Waals surface area (Å²) in [5, 5.41) is 16.9. The normalized spacial score (nSPS) is 29.0. The lowest BCUT2D eigenvalue weighted by molar-refractivity contribution is -0.127. The molecular weight excluding hydrogens is 535 g/mol. The molecule has 2 aromatic heterocycles. The Bertz CT molecular complexity index is 1200. The minimum absolute atomic E-state index is 0.105. The van der Waals surface area contributed by atoms with Gasteiger partial charge in [0.15, 0.2) is 0 Å². The molecule has 2 aliphatic carbocycles. The number of halogens is 2. The van der Waals surface area contributed by atoms with Crippen LogP contribution in [0.1, 0.15) is 112 Å². The molecular formula is C30H40Cl2N4O3. The van der Waals surface area contributed by atoms with Crippen LogP contribution in [0, 0.1) is 24.2 Å². The molecule has 3 aliphatic rings. The number of Topliss-reactive ketones (excluding diaryl/α,β-unsaturated/α-hetero) is 1. The topological polar surface area (TPSA) is 88.3 Å². The van der Waals surface area contributed by atoms with E-state index in [-0.39, 0.29) is 23.1 Å². The van der Waals surface area contributed by atoms with Gasteiger partial charge in [0.1, 0.15) is 11.9 Å². The number of ketones is 1. The summed E-state index contributed by atoms with van der Waals surface area (Å²) in [6, 6.07) is -0.265. The van der Waals surface area contributed by atoms with Gasteiger partial charge in [-0.15, -0.1) is 0 Å². The standard InChI is InChI=1S/C30H40Cl2N4O3/c1-18-23(14-34-36(18)22-9-11-30(3,12-10-22)19(2)37)29(39)35-17-21(20-7-5-4-6-8-20)13-26(35)28(38)27-24(31)15-33-16-25(27)32/h14-16,20-22,26,28,38H,4-13,17H2,1-3H3/t21-,22?,26?,28?,30?/m1/s1. The van der Waals surface area contributed by atoms with Gasteiger partial charge in [-0.25, -0.2) is 0 Å². The highest BCUT2D eigenvalue weighted by atomic mass is 35.5. The average molecular weight is 576 g/mol. The van der Waals surface area contributed by atoms with Gasteiger partial charge in [0.05, 0.1) is 33.9 Å². The highest BCUT2D eigenvalue weighted by molar-refractivity contribution is 6.35. The molecule has 7 nitrogen and oxygen atoms in total. The fourth-order valence-corrected chi connectivity index (χ4v) is 7.86. The first-order chi connectivity index (χ1) is 18.6. The smallest absolute Gasteiger partial charge is 0.257 e. The Morgan fingerprint density at radius 3 is 2.28 bits per heavy atom. The van der Waals surface area contributed by atoms with E-state index >= 15 is 0 Å². The summed E-state index contributed by atoms with van der Waals surface area (Å²) in [5.74, 6) is 1.02. The van der Waals surface area contributed by atoms with E-state index in [0.717, 1.165) is 31.4 Å². The molecule has 5 rings (SSSR count). The number of amides is 1. The van der Waals surface area contributed by atoms with Crippen molar-refractivity contribution in [2.45, 2.75) is 103 Å². The first kappa shape index (κ1) is 28.6. The molecule has 3 atom stereocenters. The van der Waals surface area contributed by atoms with Crippen LogP contribution < -0.4 is 0 Å². The molecule has 3 heterocycles. The zero-order chi connectivity index (χ0) is 27.9. The molecule has 0 bridgehead atoms. The quantitative estimate of drug-likeness (QED) is 0.412. The monoisotopic (exact) mass is 574 g/mol. The fourth-order valence-electron chi connectivity index (χ4n) is 7.27. The van der Waals surface area contributed by atoms with Crippen LogP contribution in [0.2, 0.25) is 10.0 Å². The van der Waals surface area contributed by atoms with E-state index in [4.69, 9.17) is 23.2 Å². The van der Waals surface area contributed by atoms with Gasteiger partial charge in [-0.2, -0.15) is 5.10 Å². The lowest BCUT2D eigenvalue weighted by Crippen LogP contribution is -2.40. The van der Waals surface area contributed by atoms with Crippen LogP contribution in [0.15, 0.2) is 18.6 Å². The second-order valence-electron chi connectivity index (χ2n) is 12.3. The highest BCUT2D eigenvalue weighted by Gasteiger charge is 2.44. The number of carbonyl (C=O) groups excluding carboxylic acids is 2. The SMILES string of the molecule is CC(=O)C1(C)CCC(n2ncc(C(=O)N3C[C@H](C4CCCCC4)CC3C(O)c3c(Cl)cncc3Cl)c2C)CC1. The number of rotatable bonds is 6. The zero-order valence-corrected chi connectivity index (χ0v) is 24.7. The van der Waals surface area contributed by atoms with Gasteiger partial charge in [0, 0.05) is 35.6 Å². The highest BCUT2D eigenvalue weighted by Crippen LogP contribution is 2.45. The Morgan fingerprint density at radius 2 is 1.67 bits per heavy atom. The number of aliphatic hydroxyl groups is 1. The Hall–Kier alpha value is -1.96. The van der Waals surface area contributed by atoms with Gasteiger partial charge in [-0.05, 0) is 57.8 Å². The van der Waals surface area contributed by atoms with Crippen LogP contribution in [0.3, 0.4) is 0 Å². The van der Waals surface area contributed by atoms with E-state index in [1.807, 2.05) is 16.5 Å². The Morgan fingerprint density at radius 1 is 1.03 bits per heavy atom. The lowest BCUT2D eigenvalue weighted by Gasteiger charge is -2.35. The van der Waals surface area contributed by atoms with Crippen molar-refractivity contribution >= 4 is 34.9 Å². The number of likely N-dealkylation sites (tertiary alicyclic amines) is 1. The molecule has 212 valence electrons. The van der Waals surface area contributed by atoms with E-state index in [2.05, 4.69) is 17.0 Å². The third kappa shape index (κ3) is 5.51. The minimum Gasteiger partial charge on any atom is -0.386 e. The molecule has 2 aromatic rings. The number of pyridine rings is 1. The van der Waals surface area contributed by atoms with Crippen LogP contribution in [-0.2, 0) is 4.79 Å². The molecule has 2 saturated carbocycles. The molecule has 2 unspecified atom stereocenters. The van der Waals surface area contributed by atoms with Gasteiger partial charge >= 0.3 is 0 Å². The van der Waals surface area contributed by atoms with Gasteiger partial charge in [0.2, 0.25) is 0 Å². The van der Waals surface area contributed by atoms with Crippen molar-refractivity contribution in [3.8, 4) is 0 Å². The van der Waals surface area contributed by atoms with Crippen molar-refractivity contribution < 1.29 is 14.7 Å². The lowest BCUT2D eigenvalue weighted by atomic mass is 9.71. The predicted molar refractivity (Wildman–Crippen MR) is 152 cm³/mol. The van der Waals surface area contributed by atoms with Gasteiger partial charge in [0.25, 0.3) is 5.91 Å². The number of carbonyl (C=O) groups is 2. The van der Waals surface area contributed by atoms with E-state index in [0.29, 0.717) is 46.0 Å². The largest absolute Gasteiger partial charge is 0.386 e. The molecule has 39 heavy (non-hydrogen) atoms. The van der Waals surface area contributed by atoms with E-state index < -0.39 is 12.1 Å². The van der Waals surface area contributed by atoms with E-state index in [1.54, 1.807) is 13.1 Å². The molecule has 1 N–H and O–H groups in total. The van der Waals surface area contributed by atoms with Gasteiger partial charge < -0.3 is 10.0 Å². The summed E-state index contributed by atoms with van der Waals surface area (Å²) in [7, 11) is 0. The summed E-state index contributed by atoms with van der Waals surface area (Å²) in [5.41, 5.74) is 1.58. The van der Waals surface area contributed by atoms with E-state index in [9.17, 15) is 14.7 Å². The van der Waals surface area contributed by atoms with Crippen LogP contribution in [0.5, 0.6) is 0 Å². The second kappa shape index (κ2) is 11.5. The molecule has 1 aliphatic heterocycles. The third-order valence-electron chi connectivity index (χ3n) is 10.0. The summed E-state index contributed by atoms with van der Waals surface area (Å²) in [6.45, 7) is 6.30. The molecule has 1 saturated heterocycles. The summed E-state index contributed by atoms with van der Waals surface area (Å²) in [4.78, 5) is 32.2. The maximum absolute atomic E-state index is 14.1. The fraction of sp³-hybridized carbons (Fsp3) is 0.667. The zero-order valence-electron chi connectivity index (χ0n) is 23.2. The maximum Gasteiger partial charge on any atom is 0.257 e.